The molecule has 2 aliphatic rings. The smallest absolute Gasteiger partial charge is 0.216 e. The second kappa shape index (κ2) is 8.39. The van der Waals surface area contributed by atoms with Crippen LogP contribution in [0.4, 0.5) is 0 Å². The molecule has 2 aliphatic heterocycles. The van der Waals surface area contributed by atoms with E-state index in [-0.39, 0.29) is 0 Å². The second-order valence-corrected chi connectivity index (χ2v) is 6.88. The van der Waals surface area contributed by atoms with Crippen LogP contribution in [0.25, 0.3) is 11.6 Å². The van der Waals surface area contributed by atoms with Crippen LogP contribution in [0.15, 0.2) is 40.0 Å². The summed E-state index contributed by atoms with van der Waals surface area (Å²) in [5, 5.41) is 10.6. The van der Waals surface area contributed by atoms with E-state index in [2.05, 4.69) is 49.4 Å². The minimum Gasteiger partial charge on any atom is -0.461 e. The van der Waals surface area contributed by atoms with E-state index in [9.17, 15) is 0 Å². The average molecular weight is 369 g/mol. The number of likely N-dealkylation sites (tertiary alicyclic amines) is 1. The molecule has 27 heavy (non-hydrogen) atoms. The fourth-order valence-corrected chi connectivity index (χ4v) is 3.64. The third-order valence-corrected chi connectivity index (χ3v) is 5.04. The van der Waals surface area contributed by atoms with Crippen LogP contribution in [0.2, 0.25) is 0 Å². The molecule has 2 aromatic heterocycles. The lowest BCUT2D eigenvalue weighted by atomic mass is 10.2. The summed E-state index contributed by atoms with van der Waals surface area (Å²) < 4.78 is 5.33. The van der Waals surface area contributed by atoms with Gasteiger partial charge in [-0.1, -0.05) is 12.2 Å². The predicted molar refractivity (Wildman–Crippen MR) is 104 cm³/mol. The number of H-pyrrole nitrogens is 1. The lowest BCUT2D eigenvalue weighted by Gasteiger charge is -2.25. The zero-order valence-corrected chi connectivity index (χ0v) is 15.8. The van der Waals surface area contributed by atoms with E-state index >= 15 is 0 Å². The largest absolute Gasteiger partial charge is 0.461 e. The molecule has 1 fully saturated rings. The molecule has 1 saturated heterocycles. The van der Waals surface area contributed by atoms with Gasteiger partial charge in [0.15, 0.2) is 11.7 Å². The van der Waals surface area contributed by atoms with Gasteiger partial charge in [-0.2, -0.15) is 5.10 Å². The summed E-state index contributed by atoms with van der Waals surface area (Å²) >= 11 is 0. The summed E-state index contributed by atoms with van der Waals surface area (Å²) in [5.74, 6) is 3.09. The zero-order valence-electron chi connectivity index (χ0n) is 15.8. The van der Waals surface area contributed by atoms with Crippen molar-refractivity contribution in [2.24, 2.45) is 4.99 Å². The maximum Gasteiger partial charge on any atom is 0.216 e. The highest BCUT2D eigenvalue weighted by atomic mass is 16.3. The summed E-state index contributed by atoms with van der Waals surface area (Å²) in [6, 6.07) is 4.31. The van der Waals surface area contributed by atoms with Gasteiger partial charge in [0.25, 0.3) is 0 Å². The first-order valence-electron chi connectivity index (χ1n) is 9.71. The highest BCUT2D eigenvalue weighted by Crippen LogP contribution is 2.18. The summed E-state index contributed by atoms with van der Waals surface area (Å²) in [5.41, 5.74) is 0. The number of aromatic amines is 1. The van der Waals surface area contributed by atoms with Crippen molar-refractivity contribution in [3.05, 3.63) is 36.4 Å². The first-order chi connectivity index (χ1) is 13.3. The van der Waals surface area contributed by atoms with Crippen LogP contribution in [0.1, 0.15) is 19.2 Å². The van der Waals surface area contributed by atoms with Crippen LogP contribution in [-0.2, 0) is 6.42 Å². The molecular formula is C19H27N7O. The normalized spacial score (nSPS) is 20.7. The molecule has 1 unspecified atom stereocenters. The maximum atomic E-state index is 5.33. The first kappa shape index (κ1) is 17.8. The van der Waals surface area contributed by atoms with Crippen molar-refractivity contribution >= 4 is 5.96 Å². The van der Waals surface area contributed by atoms with Crippen molar-refractivity contribution in [1.82, 2.24) is 30.3 Å². The number of furan rings is 1. The quantitative estimate of drug-likeness (QED) is 0.456. The third-order valence-electron chi connectivity index (χ3n) is 5.04. The van der Waals surface area contributed by atoms with Crippen molar-refractivity contribution in [3.63, 3.8) is 0 Å². The molecule has 0 amide bonds. The topological polar surface area (TPSA) is 85.6 Å². The highest BCUT2D eigenvalue weighted by Gasteiger charge is 2.29. The van der Waals surface area contributed by atoms with Gasteiger partial charge in [0.05, 0.1) is 6.26 Å². The minimum atomic E-state index is 0.590. The van der Waals surface area contributed by atoms with Gasteiger partial charge in [-0.25, -0.2) is 4.98 Å². The third kappa shape index (κ3) is 4.21. The fourth-order valence-electron chi connectivity index (χ4n) is 3.64. The van der Waals surface area contributed by atoms with Crippen molar-refractivity contribution < 1.29 is 4.42 Å². The van der Waals surface area contributed by atoms with Crippen molar-refractivity contribution in [2.45, 2.75) is 25.8 Å². The summed E-state index contributed by atoms with van der Waals surface area (Å²) in [6.07, 6.45) is 8.06. The van der Waals surface area contributed by atoms with Crippen LogP contribution in [0, 0.1) is 0 Å². The molecule has 8 nitrogen and oxygen atoms in total. The second-order valence-electron chi connectivity index (χ2n) is 6.88. The molecule has 1 atom stereocenters. The Balaban J connectivity index is 1.33. The van der Waals surface area contributed by atoms with Gasteiger partial charge in [0.1, 0.15) is 5.82 Å². The highest BCUT2D eigenvalue weighted by molar-refractivity contribution is 5.80. The molecule has 2 N–H and O–H groups in total. The molecule has 0 aromatic carbocycles. The van der Waals surface area contributed by atoms with E-state index in [0.29, 0.717) is 24.2 Å². The number of rotatable bonds is 6. The number of hydrogen-bond donors (Lipinski definition) is 2. The molecule has 0 aliphatic carbocycles. The van der Waals surface area contributed by atoms with Crippen LogP contribution < -0.4 is 5.32 Å². The van der Waals surface area contributed by atoms with Crippen molar-refractivity contribution in [3.8, 4) is 11.6 Å². The van der Waals surface area contributed by atoms with Gasteiger partial charge >= 0.3 is 0 Å². The molecular weight excluding hydrogens is 342 g/mol. The van der Waals surface area contributed by atoms with Crippen LogP contribution in [0.5, 0.6) is 0 Å². The van der Waals surface area contributed by atoms with Crippen LogP contribution in [-0.4, -0.2) is 76.3 Å². The number of aromatic nitrogens is 3. The van der Waals surface area contributed by atoms with Gasteiger partial charge in [-0.05, 0) is 25.5 Å². The van der Waals surface area contributed by atoms with E-state index in [1.54, 1.807) is 6.26 Å². The lowest BCUT2D eigenvalue weighted by Crippen LogP contribution is -2.43. The summed E-state index contributed by atoms with van der Waals surface area (Å²) in [6.45, 7) is 7.90. The Hall–Kier alpha value is -2.61. The fraction of sp³-hybridized carbons (Fsp3) is 0.526. The Kier molecular flexibility index (Phi) is 5.53. The zero-order chi connectivity index (χ0) is 18.5. The number of hydrogen-bond acceptors (Lipinski definition) is 5. The molecule has 0 spiro atoms. The minimum absolute atomic E-state index is 0.590. The summed E-state index contributed by atoms with van der Waals surface area (Å²) in [4.78, 5) is 14.2. The lowest BCUT2D eigenvalue weighted by molar-refractivity contribution is 0.259. The number of aliphatic imine (C=N–C) groups is 1. The Bertz CT molecular complexity index is 772. The van der Waals surface area contributed by atoms with E-state index in [0.717, 1.165) is 50.9 Å². The molecule has 2 aromatic rings. The Morgan fingerprint density at radius 3 is 3.07 bits per heavy atom. The van der Waals surface area contributed by atoms with Gasteiger partial charge in [-0.3, -0.25) is 15.0 Å². The number of guanidine groups is 1. The number of nitrogens with one attached hydrogen (secondary N) is 2. The molecule has 0 saturated carbocycles. The summed E-state index contributed by atoms with van der Waals surface area (Å²) in [7, 11) is 0. The molecule has 8 heteroatoms. The monoisotopic (exact) mass is 369 g/mol. The van der Waals surface area contributed by atoms with E-state index < -0.39 is 0 Å². The Morgan fingerprint density at radius 2 is 2.30 bits per heavy atom. The van der Waals surface area contributed by atoms with Gasteiger partial charge in [0.2, 0.25) is 5.82 Å². The van der Waals surface area contributed by atoms with Crippen LogP contribution in [0.3, 0.4) is 0 Å². The van der Waals surface area contributed by atoms with E-state index in [1.165, 1.54) is 6.42 Å². The van der Waals surface area contributed by atoms with Crippen molar-refractivity contribution in [1.29, 1.82) is 0 Å². The first-order valence-corrected chi connectivity index (χ1v) is 9.71. The molecule has 4 rings (SSSR count). The van der Waals surface area contributed by atoms with E-state index in [1.807, 2.05) is 12.1 Å². The maximum absolute atomic E-state index is 5.33. The molecule has 0 radical (unpaired) electrons. The van der Waals surface area contributed by atoms with E-state index in [4.69, 9.17) is 9.41 Å². The SMILES string of the molecule is CCNC(=NCCc1nc(-c2ccco2)n[nH]1)N1CCC(N2CC=CC2)C1. The molecule has 4 heterocycles. The van der Waals surface area contributed by atoms with Crippen molar-refractivity contribution in [2.75, 3.05) is 39.3 Å². The Labute approximate surface area is 159 Å². The van der Waals surface area contributed by atoms with Gasteiger partial charge in [0, 0.05) is 51.7 Å². The van der Waals surface area contributed by atoms with Crippen LogP contribution >= 0.6 is 0 Å². The predicted octanol–water partition coefficient (Wildman–Crippen LogP) is 1.52. The molecule has 0 bridgehead atoms. The Morgan fingerprint density at radius 1 is 1.41 bits per heavy atom. The number of nitrogens with zero attached hydrogens (tertiary/aromatic N) is 5. The average Bonchev–Trinajstić information content (AvgIpc) is 3.49. The van der Waals surface area contributed by atoms with Gasteiger partial charge in [-0.15, -0.1) is 0 Å². The molecule has 144 valence electrons. The standard InChI is InChI=1S/C19H27N7O/c1-2-20-19(26-12-8-15(14-26)25-10-3-4-11-25)21-9-7-17-22-18(24-23-17)16-6-5-13-27-16/h3-6,13,15H,2,7-12,14H2,1H3,(H,20,21)(H,22,23,24). The van der Waals surface area contributed by atoms with Gasteiger partial charge < -0.3 is 14.6 Å².